The fourth-order valence-corrected chi connectivity index (χ4v) is 6.19. The van der Waals surface area contributed by atoms with Crippen molar-refractivity contribution in [3.05, 3.63) is 25.3 Å². The first-order valence-electron chi connectivity index (χ1n) is 18.8. The summed E-state index contributed by atoms with van der Waals surface area (Å²) in [5.41, 5.74) is 0. The molecule has 4 unspecified atom stereocenters. The van der Waals surface area contributed by atoms with Gasteiger partial charge in [-0.25, -0.2) is 0 Å². The summed E-state index contributed by atoms with van der Waals surface area (Å²) in [4.78, 5) is 113. The van der Waals surface area contributed by atoms with E-state index in [0.717, 1.165) is 72.7 Å². The fourth-order valence-electron chi connectivity index (χ4n) is 3.21. The molecule has 0 amide bonds. The largest absolute Gasteiger partial charge is 0.481 e. The van der Waals surface area contributed by atoms with Crippen molar-refractivity contribution >= 4 is 133 Å². The van der Waals surface area contributed by atoms with Crippen LogP contribution in [0, 0.1) is 29.6 Å². The van der Waals surface area contributed by atoms with Crippen LogP contribution in [0.5, 0.6) is 0 Å². The van der Waals surface area contributed by atoms with E-state index in [-0.39, 0.29) is 65.7 Å². The smallest absolute Gasteiger partial charge is 0.311 e. The first-order valence-corrected chi connectivity index (χ1v) is 23.6. The Morgan fingerprint density at radius 3 is 0.855 bits per heavy atom. The summed E-state index contributed by atoms with van der Waals surface area (Å²) < 4.78 is 0. The van der Waals surface area contributed by atoms with Crippen molar-refractivity contribution in [1.82, 2.24) is 0 Å². The zero-order chi connectivity index (χ0) is 50.6. The van der Waals surface area contributed by atoms with Gasteiger partial charge in [-0.05, 0) is 25.7 Å². The van der Waals surface area contributed by atoms with E-state index in [1.807, 2.05) is 27.7 Å². The van der Waals surface area contributed by atoms with Gasteiger partial charge in [-0.2, -0.15) is 0 Å². The molecule has 0 aromatic rings. The van der Waals surface area contributed by atoms with Crippen LogP contribution in [-0.4, -0.2) is 109 Å². The van der Waals surface area contributed by atoms with E-state index >= 15 is 0 Å². The minimum Gasteiger partial charge on any atom is -0.481 e. The van der Waals surface area contributed by atoms with Crippen molar-refractivity contribution in [2.45, 2.75) is 108 Å². The number of aliphatic carboxylic acids is 5. The highest BCUT2D eigenvalue weighted by Gasteiger charge is 2.19. The van der Waals surface area contributed by atoms with Gasteiger partial charge >= 0.3 is 29.8 Å². The number of rotatable bonds is 21. The second kappa shape index (κ2) is 50.6. The topological polar surface area (TPSA) is 289 Å². The lowest BCUT2D eigenvalue weighted by Gasteiger charge is -2.08. The molecule has 62 heavy (non-hydrogen) atoms. The van der Waals surface area contributed by atoms with Crippen molar-refractivity contribution in [2.75, 3.05) is 23.0 Å². The third-order valence-electron chi connectivity index (χ3n) is 6.39. The van der Waals surface area contributed by atoms with E-state index in [2.05, 4.69) is 38.4 Å². The van der Waals surface area contributed by atoms with Gasteiger partial charge in [0.1, 0.15) is 0 Å². The maximum absolute atomic E-state index is 10.7. The Kier molecular flexibility index (Phi) is 59.9. The lowest BCUT2D eigenvalue weighted by Crippen LogP contribution is -2.20. The Morgan fingerprint density at radius 1 is 0.435 bits per heavy atom. The monoisotopic (exact) mass is 996 g/mol. The molecule has 4 atom stereocenters. The molecule has 0 aromatic heterocycles. The van der Waals surface area contributed by atoms with Crippen molar-refractivity contribution in [3.8, 4) is 0 Å². The van der Waals surface area contributed by atoms with Gasteiger partial charge < -0.3 is 25.5 Å². The number of thioether (sulfide) groups is 4. The Morgan fingerprint density at radius 2 is 0.694 bits per heavy atom. The fraction of sp³-hybridized carbons (Fsp3) is 0.625. The number of carbonyl (C=O) groups excluding carboxylic acids is 6. The molecule has 0 spiro atoms. The predicted molar refractivity (Wildman–Crippen MR) is 258 cm³/mol. The van der Waals surface area contributed by atoms with Crippen LogP contribution in [0.4, 0.5) is 0 Å². The molecule has 0 fully saturated rings. The minimum absolute atomic E-state index is 0.0163. The highest BCUT2D eigenvalue weighted by atomic mass is 32.2. The molecule has 0 saturated carbocycles. The van der Waals surface area contributed by atoms with Crippen LogP contribution in [0.2, 0.25) is 0 Å². The summed E-state index contributed by atoms with van der Waals surface area (Å²) in [6.07, 6.45) is 7.42. The number of thiol groups is 2. The number of hydrogen-bond acceptors (Lipinski definition) is 15. The van der Waals surface area contributed by atoms with Gasteiger partial charge in [-0.3, -0.25) is 52.7 Å². The molecule has 0 bridgehead atoms. The highest BCUT2D eigenvalue weighted by Crippen LogP contribution is 2.17. The maximum atomic E-state index is 10.7. The Bertz CT molecular complexity index is 1340. The SMILES string of the molecule is C=CC(CC)C(=O)O.C=CC(CSC(C)=O)C(=O)O.CC(=O)S.CC(=O)S.CC(=O)SCC(CSC(C)=O)C(=O)O.CCCC(CC)C(=O)O.CCCC(CSC(C)=O)C(=O)O. The molecule has 0 aliphatic rings. The van der Waals surface area contributed by atoms with Gasteiger partial charge in [-0.1, -0.05) is 99.7 Å². The number of carbonyl (C=O) groups is 11. The van der Waals surface area contributed by atoms with E-state index in [9.17, 15) is 52.7 Å². The summed E-state index contributed by atoms with van der Waals surface area (Å²) in [5.74, 6) is -5.13. The quantitative estimate of drug-likeness (QED) is 0.0420. The predicted octanol–water partition coefficient (Wildman–Crippen LogP) is 8.27. The first-order chi connectivity index (χ1) is 28.5. The van der Waals surface area contributed by atoms with Gasteiger partial charge in [0.15, 0.2) is 30.7 Å². The zero-order valence-electron chi connectivity index (χ0n) is 37.3. The summed E-state index contributed by atoms with van der Waals surface area (Å²) in [6.45, 7) is 22.8. The molecular weight excluding hydrogens is 929 g/mol. The maximum Gasteiger partial charge on any atom is 0.311 e. The second-order valence-corrected chi connectivity index (χ2v) is 18.2. The van der Waals surface area contributed by atoms with Crippen LogP contribution >= 0.6 is 72.3 Å². The first kappa shape index (κ1) is 73.4. The molecule has 0 aromatic carbocycles. The normalized spacial score (nSPS) is 11.2. The van der Waals surface area contributed by atoms with Gasteiger partial charge in [-0.15, -0.1) is 38.4 Å². The lowest BCUT2D eigenvalue weighted by molar-refractivity contribution is -0.142. The van der Waals surface area contributed by atoms with Crippen LogP contribution in [0.15, 0.2) is 25.3 Å². The molecule has 0 aliphatic heterocycles. The molecule has 16 nitrogen and oxygen atoms in total. The molecule has 0 aliphatic carbocycles. The summed E-state index contributed by atoms with van der Waals surface area (Å²) >= 11 is 10.7. The molecule has 360 valence electrons. The van der Waals surface area contributed by atoms with E-state index in [4.69, 9.17) is 25.5 Å². The molecule has 0 radical (unpaired) electrons. The van der Waals surface area contributed by atoms with Gasteiger partial charge in [0.2, 0.25) is 0 Å². The van der Waals surface area contributed by atoms with Crippen LogP contribution < -0.4 is 0 Å². The van der Waals surface area contributed by atoms with Gasteiger partial charge in [0.05, 0.1) is 29.6 Å². The van der Waals surface area contributed by atoms with E-state index in [1.165, 1.54) is 53.7 Å². The number of carboxylic acids is 5. The summed E-state index contributed by atoms with van der Waals surface area (Å²) in [6, 6.07) is 0. The highest BCUT2D eigenvalue weighted by molar-refractivity contribution is 8.14. The third-order valence-corrected chi connectivity index (χ3v) is 10.2. The number of carboxylic acid groups (broad SMARTS) is 5. The molecule has 0 saturated heterocycles. The van der Waals surface area contributed by atoms with Crippen LogP contribution in [0.3, 0.4) is 0 Å². The second-order valence-electron chi connectivity index (χ2n) is 12.1. The average molecular weight is 997 g/mol. The van der Waals surface area contributed by atoms with Crippen molar-refractivity contribution < 1.29 is 78.3 Å². The Hall–Kier alpha value is -3.05. The van der Waals surface area contributed by atoms with Crippen LogP contribution in [0.1, 0.15) is 108 Å². The molecule has 22 heteroatoms. The molecule has 0 rings (SSSR count). The van der Waals surface area contributed by atoms with Gasteiger partial charge in [0.25, 0.3) is 0 Å². The number of hydrogen-bond donors (Lipinski definition) is 7. The molecular formula is C40H68O16S6. The lowest BCUT2D eigenvalue weighted by atomic mass is 10.0. The van der Waals surface area contributed by atoms with Crippen LogP contribution in [0.25, 0.3) is 0 Å². The van der Waals surface area contributed by atoms with Crippen molar-refractivity contribution in [2.24, 2.45) is 29.6 Å². The van der Waals surface area contributed by atoms with E-state index in [1.54, 1.807) is 0 Å². The van der Waals surface area contributed by atoms with E-state index in [0.29, 0.717) is 18.6 Å². The standard InChI is InChI=1S/C8H12O4S2.C8H14O3S.C7H10O3S.C7H14O2.C6H10O2.2C2H4OS/c1-5(9)13-3-7(8(11)12)4-14-6(2)10;1-3-4-7(8(10)11)5-12-6(2)9;1-3-6(7(9)10)4-11-5(2)8;1-3-5-6(4-2)7(8)9;1-3-5(4-2)6(7)8;2*1-2(3)4/h7H,3-4H2,1-2H3,(H,11,12);7H,3-5H2,1-2H3,(H,10,11);3,6H,1,4H2,2H3,(H,9,10);6H,3-5H2,1-2H3,(H,8,9);3,5H,1,4H2,2H3,(H,7,8);2*1H3,(H,3,4). The van der Waals surface area contributed by atoms with E-state index < -0.39 is 41.7 Å². The van der Waals surface area contributed by atoms with Crippen molar-refractivity contribution in [3.63, 3.8) is 0 Å². The third kappa shape index (κ3) is 68.7. The Labute approximate surface area is 394 Å². The molecule has 0 heterocycles. The molecule has 5 N–H and O–H groups in total. The zero-order valence-corrected chi connectivity index (χ0v) is 42.3. The minimum atomic E-state index is -0.965. The van der Waals surface area contributed by atoms with Gasteiger partial charge in [0, 0.05) is 64.6 Å². The van der Waals surface area contributed by atoms with Crippen molar-refractivity contribution in [1.29, 1.82) is 0 Å². The average Bonchev–Trinajstić information content (AvgIpc) is 3.12. The summed E-state index contributed by atoms with van der Waals surface area (Å²) in [7, 11) is 0. The van der Waals surface area contributed by atoms with Crippen LogP contribution in [-0.2, 0) is 52.7 Å². The Balaban J connectivity index is -0.000000118. The summed E-state index contributed by atoms with van der Waals surface area (Å²) in [5, 5.41) is 42.2.